The molecule has 0 N–H and O–H groups in total. The zero-order valence-electron chi connectivity index (χ0n) is 10.7. The van der Waals surface area contributed by atoms with Crippen LogP contribution < -0.4 is 0 Å². The zero-order chi connectivity index (χ0) is 11.8. The summed E-state index contributed by atoms with van der Waals surface area (Å²) in [5.74, 6) is 0.264. The van der Waals surface area contributed by atoms with Gasteiger partial charge in [-0.3, -0.25) is 4.79 Å². The molecule has 0 aromatic rings. The van der Waals surface area contributed by atoms with Crippen molar-refractivity contribution in [1.29, 1.82) is 0 Å². The number of hydrogen-bond donors (Lipinski definition) is 0. The fourth-order valence-electron chi connectivity index (χ4n) is 2.15. The lowest BCUT2D eigenvalue weighted by Gasteiger charge is -2.09. The van der Waals surface area contributed by atoms with Crippen LogP contribution in [0.3, 0.4) is 0 Å². The van der Waals surface area contributed by atoms with Gasteiger partial charge in [-0.05, 0) is 50.2 Å². The molecule has 0 atom stereocenters. The average Bonchev–Trinajstić information content (AvgIpc) is 2.25. The van der Waals surface area contributed by atoms with Crippen LogP contribution in [-0.4, -0.2) is 5.78 Å². The van der Waals surface area contributed by atoms with Crippen molar-refractivity contribution in [2.75, 3.05) is 0 Å². The van der Waals surface area contributed by atoms with Crippen LogP contribution in [0.15, 0.2) is 23.3 Å². The molecule has 0 bridgehead atoms. The molecule has 1 nitrogen and oxygen atoms in total. The minimum absolute atomic E-state index is 0.264. The Balaban J connectivity index is 2.67. The second kappa shape index (κ2) is 7.43. The molecule has 0 heterocycles. The van der Waals surface area contributed by atoms with E-state index in [0.29, 0.717) is 0 Å². The van der Waals surface area contributed by atoms with Gasteiger partial charge >= 0.3 is 0 Å². The molecule has 1 rings (SSSR count). The summed E-state index contributed by atoms with van der Waals surface area (Å²) in [6, 6.07) is 0. The van der Waals surface area contributed by atoms with Crippen LogP contribution in [0, 0.1) is 0 Å². The van der Waals surface area contributed by atoms with Crippen LogP contribution in [-0.2, 0) is 4.79 Å². The first-order valence-corrected chi connectivity index (χ1v) is 6.70. The lowest BCUT2D eigenvalue weighted by atomic mass is 9.96. The van der Waals surface area contributed by atoms with Crippen LogP contribution in [0.1, 0.15) is 65.2 Å². The molecule has 0 aromatic carbocycles. The van der Waals surface area contributed by atoms with Crippen molar-refractivity contribution in [1.82, 2.24) is 0 Å². The van der Waals surface area contributed by atoms with Crippen molar-refractivity contribution in [3.8, 4) is 0 Å². The van der Waals surface area contributed by atoms with E-state index in [2.05, 4.69) is 19.9 Å². The number of carbonyl (C=O) groups is 1. The second-order valence-electron chi connectivity index (χ2n) is 4.56. The molecule has 90 valence electrons. The van der Waals surface area contributed by atoms with Crippen molar-refractivity contribution in [2.45, 2.75) is 65.2 Å². The first-order valence-electron chi connectivity index (χ1n) is 6.70. The number of hydrogen-bond acceptors (Lipinski definition) is 1. The summed E-state index contributed by atoms with van der Waals surface area (Å²) < 4.78 is 0. The molecular formula is C15H24O. The highest BCUT2D eigenvalue weighted by Crippen LogP contribution is 2.19. The van der Waals surface area contributed by atoms with E-state index in [0.717, 1.165) is 31.3 Å². The topological polar surface area (TPSA) is 17.1 Å². The highest BCUT2D eigenvalue weighted by Gasteiger charge is 2.09. The fraction of sp³-hybridized carbons (Fsp3) is 0.667. The molecule has 16 heavy (non-hydrogen) atoms. The Morgan fingerprint density at radius 1 is 1.19 bits per heavy atom. The minimum Gasteiger partial charge on any atom is -0.290 e. The summed E-state index contributed by atoms with van der Waals surface area (Å²) in [7, 11) is 0. The van der Waals surface area contributed by atoms with Gasteiger partial charge in [-0.1, -0.05) is 38.3 Å². The van der Waals surface area contributed by atoms with Crippen molar-refractivity contribution in [2.24, 2.45) is 0 Å². The van der Waals surface area contributed by atoms with Crippen molar-refractivity contribution in [3.05, 3.63) is 23.3 Å². The third-order valence-electron chi connectivity index (χ3n) is 3.35. The Bertz CT molecular complexity index is 278. The van der Waals surface area contributed by atoms with Crippen molar-refractivity contribution < 1.29 is 4.79 Å². The molecule has 0 saturated heterocycles. The first-order chi connectivity index (χ1) is 7.77. The van der Waals surface area contributed by atoms with Crippen molar-refractivity contribution in [3.63, 3.8) is 0 Å². The maximum atomic E-state index is 12.0. The Morgan fingerprint density at radius 3 is 2.56 bits per heavy atom. The maximum Gasteiger partial charge on any atom is 0.181 e. The highest BCUT2D eigenvalue weighted by molar-refractivity contribution is 6.04. The molecule has 0 unspecified atom stereocenters. The number of ketones is 1. The SMILES string of the molecule is CCC(=CC(=O)C1=CCCCCCC1)CC. The van der Waals surface area contributed by atoms with Crippen LogP contribution in [0.5, 0.6) is 0 Å². The van der Waals surface area contributed by atoms with E-state index in [1.54, 1.807) is 0 Å². The Morgan fingerprint density at radius 2 is 1.88 bits per heavy atom. The quantitative estimate of drug-likeness (QED) is 0.634. The summed E-state index contributed by atoms with van der Waals surface area (Å²) >= 11 is 0. The van der Waals surface area contributed by atoms with Gasteiger partial charge < -0.3 is 0 Å². The standard InChI is InChI=1S/C15H24O/c1-3-13(4-2)12-15(16)14-10-8-6-5-7-9-11-14/h10,12H,3-9,11H2,1-2H3. The average molecular weight is 220 g/mol. The van der Waals surface area contributed by atoms with E-state index >= 15 is 0 Å². The van der Waals surface area contributed by atoms with Gasteiger partial charge in [0.15, 0.2) is 5.78 Å². The first kappa shape index (κ1) is 13.2. The number of carbonyl (C=O) groups excluding carboxylic acids is 1. The van der Waals surface area contributed by atoms with Crippen molar-refractivity contribution >= 4 is 5.78 Å². The third-order valence-corrected chi connectivity index (χ3v) is 3.35. The van der Waals surface area contributed by atoms with E-state index in [9.17, 15) is 4.79 Å². The molecule has 1 aliphatic carbocycles. The van der Waals surface area contributed by atoms with Gasteiger partial charge in [0.1, 0.15) is 0 Å². The van der Waals surface area contributed by atoms with Gasteiger partial charge in [-0.25, -0.2) is 0 Å². The third kappa shape index (κ3) is 4.34. The summed E-state index contributed by atoms with van der Waals surface area (Å²) in [5, 5.41) is 0. The van der Waals surface area contributed by atoms with E-state index in [-0.39, 0.29) is 5.78 Å². The summed E-state index contributed by atoms with van der Waals surface area (Å²) in [6.07, 6.45) is 13.1. The molecule has 1 aliphatic rings. The highest BCUT2D eigenvalue weighted by atomic mass is 16.1. The van der Waals surface area contributed by atoms with E-state index < -0.39 is 0 Å². The molecule has 0 radical (unpaired) electrons. The van der Waals surface area contributed by atoms with Gasteiger partial charge in [0.05, 0.1) is 0 Å². The Kier molecular flexibility index (Phi) is 6.14. The van der Waals surface area contributed by atoms with Gasteiger partial charge in [0.25, 0.3) is 0 Å². The number of rotatable bonds is 4. The molecule has 0 aliphatic heterocycles. The fourth-order valence-corrected chi connectivity index (χ4v) is 2.15. The number of allylic oxidation sites excluding steroid dienone is 4. The molecular weight excluding hydrogens is 196 g/mol. The molecule has 0 aromatic heterocycles. The van der Waals surface area contributed by atoms with Gasteiger partial charge in [-0.2, -0.15) is 0 Å². The summed E-state index contributed by atoms with van der Waals surface area (Å²) in [5.41, 5.74) is 2.33. The lowest BCUT2D eigenvalue weighted by molar-refractivity contribution is -0.111. The zero-order valence-corrected chi connectivity index (χ0v) is 10.7. The molecule has 0 spiro atoms. The molecule has 0 saturated carbocycles. The van der Waals surface area contributed by atoms with Crippen LogP contribution in [0.25, 0.3) is 0 Å². The smallest absolute Gasteiger partial charge is 0.181 e. The largest absolute Gasteiger partial charge is 0.290 e. The van der Waals surface area contributed by atoms with Crippen LogP contribution in [0.2, 0.25) is 0 Å². The monoisotopic (exact) mass is 220 g/mol. The summed E-state index contributed by atoms with van der Waals surface area (Å²) in [4.78, 5) is 12.0. The van der Waals surface area contributed by atoms with Gasteiger partial charge in [0, 0.05) is 0 Å². The van der Waals surface area contributed by atoms with Crippen LogP contribution in [0.4, 0.5) is 0 Å². The van der Waals surface area contributed by atoms with Gasteiger partial charge in [-0.15, -0.1) is 0 Å². The van der Waals surface area contributed by atoms with E-state index in [4.69, 9.17) is 0 Å². The lowest BCUT2D eigenvalue weighted by Crippen LogP contribution is -2.02. The summed E-state index contributed by atoms with van der Waals surface area (Å²) in [6.45, 7) is 4.24. The predicted octanol–water partition coefficient (Wildman–Crippen LogP) is 4.58. The molecule has 0 amide bonds. The van der Waals surface area contributed by atoms with Crippen LogP contribution >= 0.6 is 0 Å². The Labute approximate surface area is 99.6 Å². The molecule has 1 heteroatoms. The van der Waals surface area contributed by atoms with E-state index in [1.165, 1.54) is 31.3 Å². The predicted molar refractivity (Wildman–Crippen MR) is 69.5 cm³/mol. The minimum atomic E-state index is 0.264. The van der Waals surface area contributed by atoms with E-state index in [1.807, 2.05) is 6.08 Å². The Hall–Kier alpha value is -0.850. The van der Waals surface area contributed by atoms with Gasteiger partial charge in [0.2, 0.25) is 0 Å². The molecule has 0 fully saturated rings. The second-order valence-corrected chi connectivity index (χ2v) is 4.56. The normalized spacial score (nSPS) is 17.0. The maximum absolute atomic E-state index is 12.0.